The van der Waals surface area contributed by atoms with Crippen LogP contribution >= 0.6 is 0 Å². The van der Waals surface area contributed by atoms with Crippen LogP contribution in [0, 0.1) is 0 Å². The Kier molecular flexibility index (Phi) is 5.27. The molecule has 7 nitrogen and oxygen atoms in total. The van der Waals surface area contributed by atoms with Crippen LogP contribution in [0.25, 0.3) is 6.08 Å². The molecule has 1 aromatic carbocycles. The fourth-order valence-electron chi connectivity index (χ4n) is 2.95. The van der Waals surface area contributed by atoms with Crippen LogP contribution in [0.2, 0.25) is 0 Å². The highest BCUT2D eigenvalue weighted by atomic mass is 16.7. The molecule has 0 atom stereocenters. The molecular weight excluding hydrogens is 338 g/mol. The number of esters is 1. The van der Waals surface area contributed by atoms with Crippen molar-refractivity contribution in [2.24, 2.45) is 0 Å². The number of hydrogen-bond donors (Lipinski definition) is 0. The fourth-order valence-corrected chi connectivity index (χ4v) is 2.95. The normalized spacial score (nSPS) is 17.4. The molecule has 0 aromatic heterocycles. The summed E-state index contributed by atoms with van der Waals surface area (Å²) in [6.07, 6.45) is 1.67. The molecule has 2 aliphatic rings. The number of benzene rings is 1. The Hall–Kier alpha value is -2.80. The quantitative estimate of drug-likeness (QED) is 0.572. The van der Waals surface area contributed by atoms with Gasteiger partial charge in [0, 0.05) is 19.4 Å². The van der Waals surface area contributed by atoms with E-state index >= 15 is 0 Å². The lowest BCUT2D eigenvalue weighted by Crippen LogP contribution is -2.28. The molecule has 2 aliphatic heterocycles. The van der Waals surface area contributed by atoms with E-state index in [9.17, 15) is 9.59 Å². The molecule has 0 bridgehead atoms. The average Bonchev–Trinajstić information content (AvgIpc) is 3.17. The van der Waals surface area contributed by atoms with Gasteiger partial charge in [0.1, 0.15) is 0 Å². The Bertz CT molecular complexity index is 795. The first kappa shape index (κ1) is 18.0. The standard InChI is InChI=1S/C19H21NO6/c1-4-24-19(22)17-12(2)20(7-8-23-3)18(21)14(17)9-13-5-6-15-16(10-13)26-11-25-15/h5-6,9-10H,4,7-8,11H2,1-3H3/b14-9-. The van der Waals surface area contributed by atoms with E-state index in [1.165, 1.54) is 4.90 Å². The van der Waals surface area contributed by atoms with Gasteiger partial charge in [0.05, 0.1) is 24.4 Å². The topological polar surface area (TPSA) is 74.3 Å². The third-order valence-corrected chi connectivity index (χ3v) is 4.22. The predicted octanol–water partition coefficient (Wildman–Crippen LogP) is 2.12. The maximum absolute atomic E-state index is 12.9. The van der Waals surface area contributed by atoms with E-state index in [-0.39, 0.29) is 24.9 Å². The summed E-state index contributed by atoms with van der Waals surface area (Å²) in [6.45, 7) is 4.61. The van der Waals surface area contributed by atoms with Crippen molar-refractivity contribution in [1.29, 1.82) is 0 Å². The Morgan fingerprint density at radius 1 is 1.31 bits per heavy atom. The first-order valence-corrected chi connectivity index (χ1v) is 8.37. The third kappa shape index (κ3) is 3.30. The SMILES string of the molecule is CCOC(=O)C1=C(C)N(CCOC)C(=O)/C1=C\c1ccc2c(c1)OCO2. The summed E-state index contributed by atoms with van der Waals surface area (Å²) in [5.41, 5.74) is 1.89. The predicted molar refractivity (Wildman–Crippen MR) is 93.5 cm³/mol. The summed E-state index contributed by atoms with van der Waals surface area (Å²) in [6, 6.07) is 5.36. The van der Waals surface area contributed by atoms with Gasteiger partial charge in [-0.3, -0.25) is 4.79 Å². The summed E-state index contributed by atoms with van der Waals surface area (Å²) in [7, 11) is 1.56. The smallest absolute Gasteiger partial charge is 0.340 e. The summed E-state index contributed by atoms with van der Waals surface area (Å²) in [4.78, 5) is 26.8. The number of carbonyl (C=O) groups excluding carboxylic acids is 2. The van der Waals surface area contributed by atoms with Gasteiger partial charge in [-0.2, -0.15) is 0 Å². The number of amides is 1. The van der Waals surface area contributed by atoms with Crippen molar-refractivity contribution < 1.29 is 28.5 Å². The Morgan fingerprint density at radius 2 is 2.08 bits per heavy atom. The van der Waals surface area contributed by atoms with Crippen LogP contribution in [0.1, 0.15) is 19.4 Å². The van der Waals surface area contributed by atoms with Gasteiger partial charge in [-0.15, -0.1) is 0 Å². The summed E-state index contributed by atoms with van der Waals surface area (Å²) >= 11 is 0. The first-order chi connectivity index (χ1) is 12.6. The van der Waals surface area contributed by atoms with Gasteiger partial charge in [-0.25, -0.2) is 4.79 Å². The van der Waals surface area contributed by atoms with Gasteiger partial charge in [0.2, 0.25) is 6.79 Å². The van der Waals surface area contributed by atoms with Crippen LogP contribution in [0.15, 0.2) is 35.0 Å². The fraction of sp³-hybridized carbons (Fsp3) is 0.368. The van der Waals surface area contributed by atoms with Crippen molar-refractivity contribution >= 4 is 18.0 Å². The van der Waals surface area contributed by atoms with E-state index in [0.29, 0.717) is 35.9 Å². The molecule has 2 heterocycles. The number of fused-ring (bicyclic) bond motifs is 1. The molecule has 3 rings (SSSR count). The maximum atomic E-state index is 12.9. The van der Waals surface area contributed by atoms with Gasteiger partial charge < -0.3 is 23.8 Å². The number of allylic oxidation sites excluding steroid dienone is 1. The third-order valence-electron chi connectivity index (χ3n) is 4.22. The minimum absolute atomic E-state index is 0.173. The average molecular weight is 359 g/mol. The molecule has 0 unspecified atom stereocenters. The van der Waals surface area contributed by atoms with E-state index in [0.717, 1.165) is 5.56 Å². The second-order valence-electron chi connectivity index (χ2n) is 5.80. The second-order valence-corrected chi connectivity index (χ2v) is 5.80. The van der Waals surface area contributed by atoms with Crippen molar-refractivity contribution in [3.05, 3.63) is 40.6 Å². The molecule has 0 N–H and O–H groups in total. The molecule has 0 fully saturated rings. The molecule has 26 heavy (non-hydrogen) atoms. The zero-order valence-electron chi connectivity index (χ0n) is 15.0. The number of nitrogens with zero attached hydrogens (tertiary/aromatic N) is 1. The highest BCUT2D eigenvalue weighted by Crippen LogP contribution is 2.35. The molecule has 0 saturated heterocycles. The van der Waals surface area contributed by atoms with E-state index in [4.69, 9.17) is 18.9 Å². The van der Waals surface area contributed by atoms with Gasteiger partial charge >= 0.3 is 5.97 Å². The van der Waals surface area contributed by atoms with Crippen molar-refractivity contribution in [1.82, 2.24) is 4.90 Å². The number of carbonyl (C=O) groups is 2. The van der Waals surface area contributed by atoms with E-state index in [1.807, 2.05) is 6.07 Å². The number of methoxy groups -OCH3 is 1. The van der Waals surface area contributed by atoms with Gasteiger partial charge in [-0.05, 0) is 37.6 Å². The number of ether oxygens (including phenoxy) is 4. The Morgan fingerprint density at radius 3 is 2.81 bits per heavy atom. The molecule has 7 heteroatoms. The number of rotatable bonds is 6. The molecule has 0 saturated carbocycles. The van der Waals surface area contributed by atoms with Gasteiger partial charge in [-0.1, -0.05) is 6.07 Å². The number of hydrogen-bond acceptors (Lipinski definition) is 6. The lowest BCUT2D eigenvalue weighted by molar-refractivity contribution is -0.138. The van der Waals surface area contributed by atoms with E-state index < -0.39 is 5.97 Å². The monoisotopic (exact) mass is 359 g/mol. The molecule has 0 spiro atoms. The van der Waals surface area contributed by atoms with Crippen LogP contribution < -0.4 is 9.47 Å². The van der Waals surface area contributed by atoms with Crippen LogP contribution in [-0.4, -0.2) is 50.4 Å². The lowest BCUT2D eigenvalue weighted by Gasteiger charge is -2.16. The van der Waals surface area contributed by atoms with Crippen molar-refractivity contribution in [3.63, 3.8) is 0 Å². The van der Waals surface area contributed by atoms with Crippen LogP contribution in [0.4, 0.5) is 0 Å². The zero-order chi connectivity index (χ0) is 18.7. The maximum Gasteiger partial charge on any atom is 0.340 e. The molecule has 1 aromatic rings. The van der Waals surface area contributed by atoms with Crippen LogP contribution in [0.3, 0.4) is 0 Å². The summed E-state index contributed by atoms with van der Waals surface area (Å²) in [5, 5.41) is 0. The minimum atomic E-state index is -0.509. The molecule has 0 aliphatic carbocycles. The zero-order valence-corrected chi connectivity index (χ0v) is 15.0. The van der Waals surface area contributed by atoms with Crippen molar-refractivity contribution in [2.45, 2.75) is 13.8 Å². The minimum Gasteiger partial charge on any atom is -0.462 e. The molecule has 0 radical (unpaired) electrons. The van der Waals surface area contributed by atoms with Gasteiger partial charge in [0.15, 0.2) is 11.5 Å². The summed E-state index contributed by atoms with van der Waals surface area (Å²) in [5.74, 6) is 0.508. The van der Waals surface area contributed by atoms with Crippen LogP contribution in [-0.2, 0) is 19.1 Å². The largest absolute Gasteiger partial charge is 0.462 e. The molecule has 1 amide bonds. The second kappa shape index (κ2) is 7.61. The summed E-state index contributed by atoms with van der Waals surface area (Å²) < 4.78 is 20.9. The van der Waals surface area contributed by atoms with Crippen LogP contribution in [0.5, 0.6) is 11.5 Å². The van der Waals surface area contributed by atoms with Gasteiger partial charge in [0.25, 0.3) is 5.91 Å². The highest BCUT2D eigenvalue weighted by Gasteiger charge is 2.37. The lowest BCUT2D eigenvalue weighted by atomic mass is 10.0. The first-order valence-electron chi connectivity index (χ1n) is 8.37. The van der Waals surface area contributed by atoms with Crippen molar-refractivity contribution in [3.8, 4) is 11.5 Å². The molecule has 138 valence electrons. The molecular formula is C19H21NO6. The van der Waals surface area contributed by atoms with Crippen molar-refractivity contribution in [2.75, 3.05) is 33.7 Å². The Balaban J connectivity index is 1.99. The highest BCUT2D eigenvalue weighted by molar-refractivity contribution is 6.16. The van der Waals surface area contributed by atoms with E-state index in [2.05, 4.69) is 0 Å². The van der Waals surface area contributed by atoms with E-state index in [1.54, 1.807) is 39.2 Å². The Labute approximate surface area is 151 Å².